The van der Waals surface area contributed by atoms with Crippen LogP contribution in [-0.2, 0) is 0 Å². The predicted molar refractivity (Wildman–Crippen MR) is 71.9 cm³/mol. The van der Waals surface area contributed by atoms with Crippen molar-refractivity contribution in [2.24, 2.45) is 0 Å². The smallest absolute Gasteiger partial charge is 0.0282 e. The van der Waals surface area contributed by atoms with Crippen LogP contribution in [0.4, 0.5) is 0 Å². The molecule has 0 bridgehead atoms. The Morgan fingerprint density at radius 1 is 0.938 bits per heavy atom. The largest absolute Gasteiger partial charge is 0.101 e. The van der Waals surface area contributed by atoms with Gasteiger partial charge in [0.25, 0.3) is 0 Å². The Balaban J connectivity index is 3.41. The van der Waals surface area contributed by atoms with E-state index in [0.29, 0.717) is 11.8 Å². The molecule has 0 aliphatic rings. The Bertz CT molecular complexity index is 425. The highest BCUT2D eigenvalue weighted by atomic mass is 14.1. The van der Waals surface area contributed by atoms with E-state index in [2.05, 4.69) is 58.6 Å². The van der Waals surface area contributed by atoms with E-state index in [1.165, 1.54) is 22.3 Å². The molecule has 1 aromatic rings. The average Bonchev–Trinajstić information content (AvgIpc) is 2.19. The second-order valence-electron chi connectivity index (χ2n) is 4.98. The molecule has 0 amide bonds. The van der Waals surface area contributed by atoms with Gasteiger partial charge < -0.3 is 0 Å². The monoisotopic (exact) mass is 214 g/mol. The number of aryl methyl sites for hydroxylation is 1. The van der Waals surface area contributed by atoms with Gasteiger partial charge in [-0.15, -0.1) is 5.92 Å². The molecule has 0 aliphatic heterocycles. The Morgan fingerprint density at radius 3 is 1.94 bits per heavy atom. The first-order chi connectivity index (χ1) is 7.47. The van der Waals surface area contributed by atoms with Crippen LogP contribution in [0.5, 0.6) is 0 Å². The zero-order chi connectivity index (χ0) is 12.3. The van der Waals surface area contributed by atoms with Crippen LogP contribution in [0.3, 0.4) is 0 Å². The fraction of sp³-hybridized carbons (Fsp3) is 0.500. The van der Waals surface area contributed by atoms with Gasteiger partial charge in [0.2, 0.25) is 0 Å². The van der Waals surface area contributed by atoms with E-state index in [-0.39, 0.29) is 0 Å². The zero-order valence-electron chi connectivity index (χ0n) is 11.3. The molecule has 0 heterocycles. The van der Waals surface area contributed by atoms with Crippen molar-refractivity contribution in [2.75, 3.05) is 0 Å². The fourth-order valence-corrected chi connectivity index (χ4v) is 2.09. The topological polar surface area (TPSA) is 0 Å². The van der Waals surface area contributed by atoms with Crippen molar-refractivity contribution >= 4 is 0 Å². The summed E-state index contributed by atoms with van der Waals surface area (Å²) in [5.74, 6) is 7.35. The van der Waals surface area contributed by atoms with E-state index in [9.17, 15) is 0 Å². The molecule has 0 aromatic heterocycles. The van der Waals surface area contributed by atoms with Crippen LogP contribution in [0.1, 0.15) is 68.7 Å². The standard InChI is InChI=1S/C16H22/c1-7-8-14-10-15(11(2)3)13(6)9-16(14)12(4)5/h9-12H,1-6H3. The minimum absolute atomic E-state index is 0.538. The van der Waals surface area contributed by atoms with Gasteiger partial charge in [0.15, 0.2) is 0 Å². The third-order valence-corrected chi connectivity index (χ3v) is 2.94. The van der Waals surface area contributed by atoms with Gasteiger partial charge in [-0.05, 0) is 48.4 Å². The van der Waals surface area contributed by atoms with Crippen molar-refractivity contribution in [2.45, 2.75) is 53.4 Å². The molecule has 0 unspecified atom stereocenters. The lowest BCUT2D eigenvalue weighted by Crippen LogP contribution is -1.99. The summed E-state index contributed by atoms with van der Waals surface area (Å²) in [6, 6.07) is 4.57. The summed E-state index contributed by atoms with van der Waals surface area (Å²) in [7, 11) is 0. The fourth-order valence-electron chi connectivity index (χ4n) is 2.09. The molecule has 0 atom stereocenters. The maximum absolute atomic E-state index is 3.23. The summed E-state index contributed by atoms with van der Waals surface area (Å²) in [4.78, 5) is 0. The van der Waals surface area contributed by atoms with Crippen LogP contribution >= 0.6 is 0 Å². The van der Waals surface area contributed by atoms with E-state index < -0.39 is 0 Å². The molecule has 0 saturated heterocycles. The normalized spacial score (nSPS) is 10.5. The highest BCUT2D eigenvalue weighted by molar-refractivity contribution is 5.48. The number of rotatable bonds is 2. The maximum atomic E-state index is 3.23. The highest BCUT2D eigenvalue weighted by Crippen LogP contribution is 2.27. The van der Waals surface area contributed by atoms with Gasteiger partial charge in [0.05, 0.1) is 0 Å². The Kier molecular flexibility index (Phi) is 4.19. The summed E-state index contributed by atoms with van der Waals surface area (Å²) < 4.78 is 0. The molecular formula is C16H22. The number of hydrogen-bond acceptors (Lipinski definition) is 0. The van der Waals surface area contributed by atoms with Crippen LogP contribution in [0, 0.1) is 18.8 Å². The third kappa shape index (κ3) is 2.67. The Hall–Kier alpha value is -1.22. The lowest BCUT2D eigenvalue weighted by molar-refractivity contribution is 0.832. The first kappa shape index (κ1) is 12.8. The van der Waals surface area contributed by atoms with E-state index >= 15 is 0 Å². The predicted octanol–water partition coefficient (Wildman–Crippen LogP) is 4.61. The van der Waals surface area contributed by atoms with Gasteiger partial charge in [-0.1, -0.05) is 39.7 Å². The van der Waals surface area contributed by atoms with Crippen molar-refractivity contribution in [1.29, 1.82) is 0 Å². The molecule has 0 saturated carbocycles. The Labute approximate surface area is 100 Å². The molecule has 0 fully saturated rings. The van der Waals surface area contributed by atoms with Gasteiger partial charge in [-0.25, -0.2) is 0 Å². The first-order valence-electron chi connectivity index (χ1n) is 6.04. The van der Waals surface area contributed by atoms with Crippen LogP contribution < -0.4 is 0 Å². The van der Waals surface area contributed by atoms with Crippen LogP contribution in [-0.4, -0.2) is 0 Å². The van der Waals surface area contributed by atoms with Gasteiger partial charge >= 0.3 is 0 Å². The van der Waals surface area contributed by atoms with Gasteiger partial charge in [-0.3, -0.25) is 0 Å². The van der Waals surface area contributed by atoms with E-state index in [1.807, 2.05) is 6.92 Å². The molecule has 0 radical (unpaired) electrons. The highest BCUT2D eigenvalue weighted by Gasteiger charge is 2.10. The van der Waals surface area contributed by atoms with Crippen molar-refractivity contribution in [3.8, 4) is 11.8 Å². The molecular weight excluding hydrogens is 192 g/mol. The van der Waals surface area contributed by atoms with E-state index in [4.69, 9.17) is 0 Å². The second-order valence-corrected chi connectivity index (χ2v) is 4.98. The summed E-state index contributed by atoms with van der Waals surface area (Å²) in [5.41, 5.74) is 5.38. The number of hydrogen-bond donors (Lipinski definition) is 0. The minimum Gasteiger partial charge on any atom is -0.101 e. The lowest BCUT2D eigenvalue weighted by atomic mass is 9.89. The van der Waals surface area contributed by atoms with E-state index in [0.717, 1.165) is 0 Å². The summed E-state index contributed by atoms with van der Waals surface area (Å²) in [6.45, 7) is 13.0. The molecule has 0 N–H and O–H groups in total. The van der Waals surface area contributed by atoms with Crippen LogP contribution in [0.15, 0.2) is 12.1 Å². The first-order valence-corrected chi connectivity index (χ1v) is 6.04. The summed E-state index contributed by atoms with van der Waals surface area (Å²) >= 11 is 0. The molecule has 1 rings (SSSR count). The van der Waals surface area contributed by atoms with Gasteiger partial charge in [-0.2, -0.15) is 0 Å². The zero-order valence-corrected chi connectivity index (χ0v) is 11.3. The van der Waals surface area contributed by atoms with Gasteiger partial charge in [0.1, 0.15) is 0 Å². The summed E-state index contributed by atoms with van der Waals surface area (Å²) in [5, 5.41) is 0. The number of benzene rings is 1. The molecule has 0 spiro atoms. The molecule has 16 heavy (non-hydrogen) atoms. The van der Waals surface area contributed by atoms with Crippen molar-refractivity contribution < 1.29 is 0 Å². The van der Waals surface area contributed by atoms with Crippen molar-refractivity contribution in [3.63, 3.8) is 0 Å². The van der Waals surface area contributed by atoms with Gasteiger partial charge in [0, 0.05) is 5.56 Å². The third-order valence-electron chi connectivity index (χ3n) is 2.94. The van der Waals surface area contributed by atoms with E-state index in [1.54, 1.807) is 0 Å². The molecule has 0 nitrogen and oxygen atoms in total. The maximum Gasteiger partial charge on any atom is 0.0282 e. The average molecular weight is 214 g/mol. The van der Waals surface area contributed by atoms with Crippen molar-refractivity contribution in [1.82, 2.24) is 0 Å². The van der Waals surface area contributed by atoms with Crippen LogP contribution in [0.25, 0.3) is 0 Å². The summed E-state index contributed by atoms with van der Waals surface area (Å²) in [6.07, 6.45) is 0. The van der Waals surface area contributed by atoms with Crippen LogP contribution in [0.2, 0.25) is 0 Å². The molecule has 0 heteroatoms. The molecule has 0 aliphatic carbocycles. The van der Waals surface area contributed by atoms with Crippen molar-refractivity contribution in [3.05, 3.63) is 34.4 Å². The minimum atomic E-state index is 0.538. The Morgan fingerprint density at radius 2 is 1.50 bits per heavy atom. The second kappa shape index (κ2) is 5.21. The lowest BCUT2D eigenvalue weighted by Gasteiger charge is -2.16. The SMILES string of the molecule is CC#Cc1cc(C(C)C)c(C)cc1C(C)C. The molecule has 1 aromatic carbocycles. The molecule has 86 valence electrons. The quantitative estimate of drug-likeness (QED) is 0.630.